The molecule has 0 aliphatic rings. The van der Waals surface area contributed by atoms with Crippen LogP contribution in [-0.4, -0.2) is 25.3 Å². The molecule has 0 fully saturated rings. The summed E-state index contributed by atoms with van der Waals surface area (Å²) < 4.78 is 3.75. The summed E-state index contributed by atoms with van der Waals surface area (Å²) in [4.78, 5) is 16.3. The second-order valence-corrected chi connectivity index (χ2v) is 5.37. The summed E-state index contributed by atoms with van der Waals surface area (Å²) in [6, 6.07) is 6.95. The zero-order valence-electron chi connectivity index (χ0n) is 11.0. The minimum Gasteiger partial charge on any atom is -0.282 e. The van der Waals surface area contributed by atoms with Gasteiger partial charge in [0.2, 0.25) is 0 Å². The molecule has 3 aromatic rings. The Morgan fingerprint density at radius 3 is 2.76 bits per heavy atom. The van der Waals surface area contributed by atoms with Crippen LogP contribution in [0.3, 0.4) is 0 Å². The average Bonchev–Trinajstić information content (AvgIpc) is 2.84. The van der Waals surface area contributed by atoms with Crippen LogP contribution in [0.1, 0.15) is 10.4 Å². The summed E-state index contributed by atoms with van der Waals surface area (Å²) in [6.45, 7) is 0. The third-order valence-corrected chi connectivity index (χ3v) is 3.46. The number of nitrogens with one attached hydrogen (secondary N) is 2. The van der Waals surface area contributed by atoms with E-state index in [4.69, 9.17) is 5.41 Å². The molecule has 106 valence electrons. The van der Waals surface area contributed by atoms with Crippen molar-refractivity contribution in [3.63, 3.8) is 0 Å². The van der Waals surface area contributed by atoms with Gasteiger partial charge in [-0.25, -0.2) is 9.66 Å². The van der Waals surface area contributed by atoms with Gasteiger partial charge < -0.3 is 0 Å². The maximum absolute atomic E-state index is 12.1. The molecule has 0 radical (unpaired) electrons. The van der Waals surface area contributed by atoms with E-state index in [1.807, 2.05) is 0 Å². The van der Waals surface area contributed by atoms with E-state index in [1.165, 1.54) is 11.0 Å². The molecule has 0 atom stereocenters. The highest BCUT2D eigenvalue weighted by molar-refractivity contribution is 9.10. The maximum atomic E-state index is 12.1. The lowest BCUT2D eigenvalue weighted by Crippen LogP contribution is -2.33. The predicted octanol–water partition coefficient (Wildman–Crippen LogP) is 1.40. The van der Waals surface area contributed by atoms with Gasteiger partial charge in [-0.05, 0) is 24.3 Å². The molecular formula is C13H11BrN6O. The third kappa shape index (κ3) is 2.57. The van der Waals surface area contributed by atoms with Gasteiger partial charge in [0.1, 0.15) is 6.33 Å². The lowest BCUT2D eigenvalue weighted by molar-refractivity contribution is 0.101. The fraction of sp³-hybridized carbons (Fsp3) is 0.0769. The van der Waals surface area contributed by atoms with Crippen LogP contribution in [0.25, 0.3) is 11.0 Å². The van der Waals surface area contributed by atoms with Gasteiger partial charge in [-0.3, -0.25) is 20.3 Å². The molecular weight excluding hydrogens is 336 g/mol. The van der Waals surface area contributed by atoms with E-state index in [0.29, 0.717) is 16.6 Å². The van der Waals surface area contributed by atoms with Gasteiger partial charge in [-0.15, -0.1) is 0 Å². The van der Waals surface area contributed by atoms with Crippen LogP contribution >= 0.6 is 15.9 Å². The van der Waals surface area contributed by atoms with Gasteiger partial charge in [0.15, 0.2) is 11.1 Å². The van der Waals surface area contributed by atoms with E-state index in [2.05, 4.69) is 31.4 Å². The summed E-state index contributed by atoms with van der Waals surface area (Å²) >= 11 is 3.32. The van der Waals surface area contributed by atoms with Crippen LogP contribution in [0.5, 0.6) is 0 Å². The van der Waals surface area contributed by atoms with Gasteiger partial charge >= 0.3 is 0 Å². The minimum atomic E-state index is -0.314. The lowest BCUT2D eigenvalue weighted by Gasteiger charge is -2.08. The number of benzene rings is 1. The van der Waals surface area contributed by atoms with Gasteiger partial charge in [0.05, 0.1) is 5.39 Å². The van der Waals surface area contributed by atoms with E-state index < -0.39 is 0 Å². The highest BCUT2D eigenvalue weighted by Gasteiger charge is 2.09. The maximum Gasteiger partial charge on any atom is 0.270 e. The number of nitrogens with zero attached hydrogens (tertiary/aromatic N) is 4. The van der Waals surface area contributed by atoms with E-state index in [0.717, 1.165) is 4.47 Å². The highest BCUT2D eigenvalue weighted by atomic mass is 79.9. The van der Waals surface area contributed by atoms with E-state index >= 15 is 0 Å². The van der Waals surface area contributed by atoms with Gasteiger partial charge in [0.25, 0.3) is 5.91 Å². The zero-order chi connectivity index (χ0) is 15.0. The van der Waals surface area contributed by atoms with Crippen LogP contribution in [-0.2, 0) is 7.05 Å². The number of amides is 1. The van der Waals surface area contributed by atoms with E-state index in [9.17, 15) is 4.79 Å². The van der Waals surface area contributed by atoms with Gasteiger partial charge in [-0.1, -0.05) is 15.9 Å². The SMILES string of the molecule is Cn1cc2c(=N)n(NC(=O)c3ccc(Br)cc3)cnc2n1. The fourth-order valence-corrected chi connectivity index (χ4v) is 2.16. The Morgan fingerprint density at radius 2 is 2.05 bits per heavy atom. The van der Waals surface area contributed by atoms with E-state index in [1.54, 1.807) is 42.2 Å². The van der Waals surface area contributed by atoms with Crippen molar-refractivity contribution >= 4 is 32.9 Å². The number of hydrogen-bond acceptors (Lipinski definition) is 4. The van der Waals surface area contributed by atoms with Crippen molar-refractivity contribution in [1.29, 1.82) is 5.41 Å². The Morgan fingerprint density at radius 1 is 1.33 bits per heavy atom. The van der Waals surface area contributed by atoms with Crippen molar-refractivity contribution in [3.05, 3.63) is 52.3 Å². The van der Waals surface area contributed by atoms with Crippen molar-refractivity contribution in [3.8, 4) is 0 Å². The first kappa shape index (κ1) is 13.5. The Bertz CT molecular complexity index is 880. The lowest BCUT2D eigenvalue weighted by atomic mass is 10.2. The Labute approximate surface area is 127 Å². The molecule has 3 rings (SSSR count). The summed E-state index contributed by atoms with van der Waals surface area (Å²) in [7, 11) is 1.76. The van der Waals surface area contributed by atoms with Crippen LogP contribution in [0.15, 0.2) is 41.3 Å². The second-order valence-electron chi connectivity index (χ2n) is 4.45. The number of aromatic nitrogens is 4. The number of carbonyl (C=O) groups is 1. The first-order chi connectivity index (χ1) is 10.0. The van der Waals surface area contributed by atoms with Gasteiger partial charge in [-0.2, -0.15) is 5.10 Å². The Balaban J connectivity index is 1.94. The number of hydrogen-bond donors (Lipinski definition) is 2. The standard InChI is InChI=1S/C13H11BrN6O/c1-19-6-10-11(15)20(7-16-12(10)17-19)18-13(21)8-2-4-9(14)5-3-8/h2-7,15H,1H3,(H,18,21). The minimum absolute atomic E-state index is 0.124. The third-order valence-electron chi connectivity index (χ3n) is 2.93. The molecule has 2 aromatic heterocycles. The molecule has 21 heavy (non-hydrogen) atoms. The van der Waals surface area contributed by atoms with Crippen molar-refractivity contribution in [1.82, 2.24) is 19.4 Å². The predicted molar refractivity (Wildman–Crippen MR) is 80.2 cm³/mol. The molecule has 0 saturated heterocycles. The molecule has 0 unspecified atom stereocenters. The van der Waals surface area contributed by atoms with Crippen molar-refractivity contribution < 1.29 is 4.79 Å². The summed E-state index contributed by atoms with van der Waals surface area (Å²) in [5.74, 6) is -0.314. The molecule has 0 bridgehead atoms. The molecule has 0 aliphatic heterocycles. The molecule has 1 aromatic carbocycles. The molecule has 8 heteroatoms. The molecule has 1 amide bonds. The number of aryl methyl sites for hydroxylation is 1. The topological polar surface area (TPSA) is 88.6 Å². The largest absolute Gasteiger partial charge is 0.282 e. The smallest absolute Gasteiger partial charge is 0.270 e. The molecule has 0 aliphatic carbocycles. The summed E-state index contributed by atoms with van der Waals surface area (Å²) in [6.07, 6.45) is 3.06. The summed E-state index contributed by atoms with van der Waals surface area (Å²) in [5.41, 5.74) is 3.71. The Kier molecular flexibility index (Phi) is 3.30. The van der Waals surface area contributed by atoms with Crippen LogP contribution in [0, 0.1) is 5.41 Å². The number of rotatable bonds is 2. The number of fused-ring (bicyclic) bond motifs is 1. The van der Waals surface area contributed by atoms with E-state index in [-0.39, 0.29) is 11.4 Å². The Hall–Kier alpha value is -2.48. The van der Waals surface area contributed by atoms with Crippen LogP contribution < -0.4 is 10.9 Å². The summed E-state index contributed by atoms with van der Waals surface area (Å²) in [5, 5.41) is 12.8. The zero-order valence-corrected chi connectivity index (χ0v) is 12.6. The van der Waals surface area contributed by atoms with Crippen LogP contribution in [0.4, 0.5) is 0 Å². The molecule has 2 heterocycles. The highest BCUT2D eigenvalue weighted by Crippen LogP contribution is 2.10. The quantitative estimate of drug-likeness (QED) is 0.734. The van der Waals surface area contributed by atoms with Crippen molar-refractivity contribution in [2.75, 3.05) is 5.43 Å². The first-order valence-electron chi connectivity index (χ1n) is 6.07. The second kappa shape index (κ2) is 5.13. The molecule has 0 saturated carbocycles. The van der Waals surface area contributed by atoms with Crippen molar-refractivity contribution in [2.24, 2.45) is 7.05 Å². The first-order valence-corrected chi connectivity index (χ1v) is 6.86. The monoisotopic (exact) mass is 346 g/mol. The normalized spacial score (nSPS) is 10.8. The van der Waals surface area contributed by atoms with Crippen LogP contribution in [0.2, 0.25) is 0 Å². The van der Waals surface area contributed by atoms with Gasteiger partial charge in [0, 0.05) is 23.3 Å². The number of carbonyl (C=O) groups excluding carboxylic acids is 1. The molecule has 2 N–H and O–H groups in total. The fourth-order valence-electron chi connectivity index (χ4n) is 1.90. The molecule has 0 spiro atoms. The average molecular weight is 347 g/mol. The number of halogens is 1. The van der Waals surface area contributed by atoms with Crippen molar-refractivity contribution in [2.45, 2.75) is 0 Å². The molecule has 7 nitrogen and oxygen atoms in total.